The molecule has 8 heteroatoms. The number of hydrogen-bond donors (Lipinski definition) is 0. The lowest BCUT2D eigenvalue weighted by molar-refractivity contribution is -0.133. The van der Waals surface area contributed by atoms with Crippen molar-refractivity contribution in [2.45, 2.75) is 32.4 Å². The van der Waals surface area contributed by atoms with E-state index in [0.29, 0.717) is 24.6 Å². The zero-order valence-corrected chi connectivity index (χ0v) is 12.8. The third-order valence-corrected chi connectivity index (χ3v) is 3.73. The van der Waals surface area contributed by atoms with E-state index in [1.165, 1.54) is 23.4 Å². The molecule has 1 fully saturated rings. The molecule has 2 aromatic heterocycles. The maximum atomic E-state index is 12.2. The molecule has 2 aromatic rings. The fraction of sp³-hybridized carbons (Fsp3) is 0.467. The van der Waals surface area contributed by atoms with Crippen molar-refractivity contribution in [3.63, 3.8) is 0 Å². The molecule has 0 radical (unpaired) electrons. The number of amides is 1. The minimum Gasteiger partial charge on any atom is -0.490 e. The number of aryl methyl sites for hydroxylation is 1. The lowest BCUT2D eigenvalue weighted by Crippen LogP contribution is -2.43. The topological polar surface area (TPSA) is 90.5 Å². The van der Waals surface area contributed by atoms with Crippen LogP contribution in [0, 0.1) is 6.92 Å². The molecule has 3 heterocycles. The van der Waals surface area contributed by atoms with Crippen LogP contribution >= 0.6 is 0 Å². The maximum Gasteiger partial charge on any atom is 0.339 e. The summed E-state index contributed by atoms with van der Waals surface area (Å²) in [6, 6.07) is 3.04. The van der Waals surface area contributed by atoms with Gasteiger partial charge in [0.15, 0.2) is 0 Å². The summed E-state index contributed by atoms with van der Waals surface area (Å²) >= 11 is 0. The van der Waals surface area contributed by atoms with E-state index in [2.05, 4.69) is 10.1 Å². The molecule has 1 aliphatic heterocycles. The number of piperidine rings is 1. The first kappa shape index (κ1) is 15.3. The maximum absolute atomic E-state index is 12.2. The second-order valence-electron chi connectivity index (χ2n) is 5.51. The van der Waals surface area contributed by atoms with Crippen molar-refractivity contribution in [2.24, 2.45) is 0 Å². The normalized spacial score (nSPS) is 15.6. The van der Waals surface area contributed by atoms with Gasteiger partial charge in [-0.3, -0.25) is 4.79 Å². The summed E-state index contributed by atoms with van der Waals surface area (Å²) in [5.41, 5.74) is -0.416. The van der Waals surface area contributed by atoms with Crippen LogP contribution in [0.1, 0.15) is 18.6 Å². The highest BCUT2D eigenvalue weighted by Gasteiger charge is 2.24. The Balaban J connectivity index is 1.52. The molecule has 1 saturated heterocycles. The lowest BCUT2D eigenvalue weighted by Gasteiger charge is -2.32. The number of ether oxygens (including phenoxy) is 1. The smallest absolute Gasteiger partial charge is 0.339 e. The average molecular weight is 318 g/mol. The van der Waals surface area contributed by atoms with Gasteiger partial charge in [-0.25, -0.2) is 14.5 Å². The highest BCUT2D eigenvalue weighted by atomic mass is 16.5. The molecule has 23 heavy (non-hydrogen) atoms. The summed E-state index contributed by atoms with van der Waals surface area (Å²) < 4.78 is 12.2. The SMILES string of the molecule is Cc1cc(OC2CCN(C(=O)Cn3cncn3)CC2)cc(=O)o1. The van der Waals surface area contributed by atoms with Crippen molar-refractivity contribution in [2.75, 3.05) is 13.1 Å². The van der Waals surface area contributed by atoms with Crippen molar-refractivity contribution >= 4 is 5.91 Å². The van der Waals surface area contributed by atoms with Crippen molar-refractivity contribution in [3.8, 4) is 5.75 Å². The Morgan fingerprint density at radius 1 is 1.39 bits per heavy atom. The number of carbonyl (C=O) groups excluding carboxylic acids is 1. The van der Waals surface area contributed by atoms with Crippen LogP contribution in [-0.4, -0.2) is 44.8 Å². The van der Waals surface area contributed by atoms with E-state index in [1.807, 2.05) is 0 Å². The lowest BCUT2D eigenvalue weighted by atomic mass is 10.1. The molecule has 0 aromatic carbocycles. The van der Waals surface area contributed by atoms with Gasteiger partial charge in [-0.15, -0.1) is 0 Å². The van der Waals surface area contributed by atoms with E-state index >= 15 is 0 Å². The third-order valence-electron chi connectivity index (χ3n) is 3.73. The van der Waals surface area contributed by atoms with Crippen LogP contribution in [0.5, 0.6) is 5.75 Å². The Bertz CT molecular complexity index is 717. The molecule has 0 bridgehead atoms. The first-order chi connectivity index (χ1) is 11.1. The van der Waals surface area contributed by atoms with Gasteiger partial charge in [0.05, 0.1) is 6.07 Å². The van der Waals surface area contributed by atoms with Gasteiger partial charge in [-0.05, 0) is 6.92 Å². The fourth-order valence-corrected chi connectivity index (χ4v) is 2.61. The van der Waals surface area contributed by atoms with Gasteiger partial charge < -0.3 is 14.1 Å². The molecule has 3 rings (SSSR count). The second kappa shape index (κ2) is 6.64. The summed E-state index contributed by atoms with van der Waals surface area (Å²) in [5, 5.41) is 3.93. The zero-order valence-electron chi connectivity index (χ0n) is 12.8. The van der Waals surface area contributed by atoms with E-state index in [4.69, 9.17) is 9.15 Å². The van der Waals surface area contributed by atoms with E-state index < -0.39 is 5.63 Å². The van der Waals surface area contributed by atoms with E-state index in [0.717, 1.165) is 12.8 Å². The summed E-state index contributed by atoms with van der Waals surface area (Å²) in [6.07, 6.45) is 4.37. The van der Waals surface area contributed by atoms with Crippen LogP contribution in [-0.2, 0) is 11.3 Å². The molecular weight excluding hydrogens is 300 g/mol. The molecule has 0 spiro atoms. The Morgan fingerprint density at radius 3 is 2.83 bits per heavy atom. The Morgan fingerprint density at radius 2 is 2.17 bits per heavy atom. The van der Waals surface area contributed by atoms with Gasteiger partial charge in [0.25, 0.3) is 0 Å². The number of hydrogen-bond acceptors (Lipinski definition) is 6. The first-order valence-corrected chi connectivity index (χ1v) is 7.49. The van der Waals surface area contributed by atoms with Crippen LogP contribution in [0.15, 0.2) is 34.0 Å². The number of likely N-dealkylation sites (tertiary alicyclic amines) is 1. The molecule has 0 aliphatic carbocycles. The monoisotopic (exact) mass is 318 g/mol. The highest BCUT2D eigenvalue weighted by Crippen LogP contribution is 2.19. The Kier molecular flexibility index (Phi) is 4.40. The number of nitrogens with zero attached hydrogens (tertiary/aromatic N) is 4. The van der Waals surface area contributed by atoms with Crippen LogP contribution in [0.4, 0.5) is 0 Å². The number of carbonyl (C=O) groups is 1. The molecule has 0 atom stereocenters. The van der Waals surface area contributed by atoms with Gasteiger partial charge in [0.1, 0.15) is 36.8 Å². The van der Waals surface area contributed by atoms with Crippen LogP contribution in [0.3, 0.4) is 0 Å². The largest absolute Gasteiger partial charge is 0.490 e. The minimum atomic E-state index is -0.416. The summed E-state index contributed by atoms with van der Waals surface area (Å²) in [5.74, 6) is 1.06. The number of aromatic nitrogens is 3. The molecule has 8 nitrogen and oxygen atoms in total. The highest BCUT2D eigenvalue weighted by molar-refractivity contribution is 5.75. The van der Waals surface area contributed by atoms with Gasteiger partial charge in [0.2, 0.25) is 5.91 Å². The molecule has 122 valence electrons. The fourth-order valence-electron chi connectivity index (χ4n) is 2.61. The minimum absolute atomic E-state index is 0.00776. The van der Waals surface area contributed by atoms with Crippen molar-refractivity contribution in [1.29, 1.82) is 0 Å². The number of rotatable bonds is 4. The van der Waals surface area contributed by atoms with Crippen LogP contribution in [0.2, 0.25) is 0 Å². The van der Waals surface area contributed by atoms with Crippen LogP contribution in [0.25, 0.3) is 0 Å². The Hall–Kier alpha value is -2.64. The molecule has 0 unspecified atom stereocenters. The average Bonchev–Trinajstić information content (AvgIpc) is 3.00. The van der Waals surface area contributed by atoms with Crippen molar-refractivity contribution < 1.29 is 13.9 Å². The summed E-state index contributed by atoms with van der Waals surface area (Å²) in [4.78, 5) is 29.1. The van der Waals surface area contributed by atoms with Crippen molar-refractivity contribution in [3.05, 3.63) is 41.0 Å². The first-order valence-electron chi connectivity index (χ1n) is 7.49. The summed E-state index contributed by atoms with van der Waals surface area (Å²) in [6.45, 7) is 3.15. The van der Waals surface area contributed by atoms with Gasteiger partial charge >= 0.3 is 5.63 Å². The van der Waals surface area contributed by atoms with Crippen molar-refractivity contribution in [1.82, 2.24) is 19.7 Å². The quantitative estimate of drug-likeness (QED) is 0.820. The molecule has 0 N–H and O–H groups in total. The van der Waals surface area contributed by atoms with E-state index in [-0.39, 0.29) is 18.6 Å². The molecule has 1 amide bonds. The zero-order chi connectivity index (χ0) is 16.2. The van der Waals surface area contributed by atoms with Crippen LogP contribution < -0.4 is 10.4 Å². The predicted octanol–water partition coefficient (Wildman–Crippen LogP) is 0.610. The van der Waals surface area contributed by atoms with E-state index in [9.17, 15) is 9.59 Å². The van der Waals surface area contributed by atoms with Gasteiger partial charge in [-0.1, -0.05) is 0 Å². The summed E-state index contributed by atoms with van der Waals surface area (Å²) in [7, 11) is 0. The van der Waals surface area contributed by atoms with E-state index in [1.54, 1.807) is 17.9 Å². The molecular formula is C15H18N4O4. The predicted molar refractivity (Wildman–Crippen MR) is 80.0 cm³/mol. The third kappa shape index (κ3) is 3.97. The second-order valence-corrected chi connectivity index (χ2v) is 5.51. The van der Waals surface area contributed by atoms with Gasteiger partial charge in [0, 0.05) is 32.0 Å². The molecule has 0 saturated carbocycles. The standard InChI is InChI=1S/C15H18N4O4/c1-11-6-13(7-15(21)22-11)23-12-2-4-18(5-3-12)14(20)8-19-10-16-9-17-19/h6-7,9-10,12H,2-5,8H2,1H3. The Labute approximate surface area is 132 Å². The van der Waals surface area contributed by atoms with Gasteiger partial charge in [-0.2, -0.15) is 5.10 Å². The molecule has 1 aliphatic rings.